The van der Waals surface area contributed by atoms with Gasteiger partial charge in [0, 0.05) is 20.1 Å². The number of ether oxygens (including phenoxy) is 1. The van der Waals surface area contributed by atoms with E-state index in [1.54, 1.807) is 14.0 Å². The highest BCUT2D eigenvalue weighted by molar-refractivity contribution is 5.67. The summed E-state index contributed by atoms with van der Waals surface area (Å²) in [6, 6.07) is 0. The third-order valence-corrected chi connectivity index (χ3v) is 1.04. The molecule has 0 bridgehead atoms. The molecule has 0 saturated heterocycles. The largest absolute Gasteiger partial charge is 0.450 e. The van der Waals surface area contributed by atoms with Crippen molar-refractivity contribution in [3.05, 3.63) is 0 Å². The molecule has 10 heavy (non-hydrogen) atoms. The van der Waals surface area contributed by atoms with Gasteiger partial charge in [-0.25, -0.2) is 4.79 Å². The summed E-state index contributed by atoms with van der Waals surface area (Å²) >= 11 is 0. The molecule has 0 heterocycles. The molecule has 0 aromatic rings. The van der Waals surface area contributed by atoms with Crippen LogP contribution in [0.25, 0.3) is 0 Å². The first kappa shape index (κ1) is 9.23. The first-order valence-corrected chi connectivity index (χ1v) is 3.30. The summed E-state index contributed by atoms with van der Waals surface area (Å²) in [5.74, 6) is 0. The summed E-state index contributed by atoms with van der Waals surface area (Å²) in [5.41, 5.74) is 5.21. The van der Waals surface area contributed by atoms with Gasteiger partial charge in [0.25, 0.3) is 0 Å². The zero-order valence-corrected chi connectivity index (χ0v) is 6.46. The first-order chi connectivity index (χ1) is 4.72. The number of hydrogen-bond donors (Lipinski definition) is 1. The first-order valence-electron chi connectivity index (χ1n) is 3.30. The monoisotopic (exact) mass is 146 g/mol. The lowest BCUT2D eigenvalue weighted by Gasteiger charge is -2.14. The Balaban J connectivity index is 3.49. The van der Waals surface area contributed by atoms with Crippen LogP contribution in [-0.2, 0) is 4.74 Å². The maximum absolute atomic E-state index is 10.8. The lowest BCUT2D eigenvalue weighted by molar-refractivity contribution is 0.117. The van der Waals surface area contributed by atoms with Gasteiger partial charge >= 0.3 is 6.09 Å². The molecular weight excluding hydrogens is 132 g/mol. The second kappa shape index (κ2) is 5.05. The molecule has 0 aromatic carbocycles. The molecule has 0 rings (SSSR count). The van der Waals surface area contributed by atoms with Gasteiger partial charge in [-0.3, -0.25) is 0 Å². The molecule has 0 aliphatic heterocycles. The van der Waals surface area contributed by atoms with E-state index in [-0.39, 0.29) is 6.09 Å². The van der Waals surface area contributed by atoms with Crippen molar-refractivity contribution in [2.75, 3.05) is 26.7 Å². The number of likely N-dealkylation sites (N-methyl/N-ethyl adjacent to an activating group) is 1. The fraction of sp³-hybridized carbons (Fsp3) is 0.833. The Morgan fingerprint density at radius 1 is 1.70 bits per heavy atom. The van der Waals surface area contributed by atoms with E-state index in [0.717, 1.165) is 0 Å². The Bertz CT molecular complexity index is 106. The highest BCUT2D eigenvalue weighted by Gasteiger charge is 2.05. The predicted octanol–water partition coefficient (Wildman–Crippen LogP) is 0.0334. The molecule has 0 aromatic heterocycles. The molecule has 4 nitrogen and oxygen atoms in total. The molecule has 0 unspecified atom stereocenters. The van der Waals surface area contributed by atoms with Crippen LogP contribution in [0.1, 0.15) is 6.92 Å². The molecule has 4 heteroatoms. The van der Waals surface area contributed by atoms with E-state index in [1.807, 2.05) is 0 Å². The summed E-state index contributed by atoms with van der Waals surface area (Å²) in [6.07, 6.45) is -0.312. The number of hydrogen-bond acceptors (Lipinski definition) is 3. The topological polar surface area (TPSA) is 55.6 Å². The second-order valence-corrected chi connectivity index (χ2v) is 1.91. The van der Waals surface area contributed by atoms with Crippen molar-refractivity contribution in [1.82, 2.24) is 4.90 Å². The Morgan fingerprint density at radius 3 is 2.70 bits per heavy atom. The van der Waals surface area contributed by atoms with Crippen LogP contribution in [0.3, 0.4) is 0 Å². The molecule has 0 spiro atoms. The van der Waals surface area contributed by atoms with E-state index in [4.69, 9.17) is 5.73 Å². The predicted molar refractivity (Wildman–Crippen MR) is 38.7 cm³/mol. The number of carbonyl (C=O) groups excluding carboxylic acids is 1. The van der Waals surface area contributed by atoms with Gasteiger partial charge in [-0.2, -0.15) is 0 Å². The molecule has 60 valence electrons. The number of amides is 1. The summed E-state index contributed by atoms with van der Waals surface area (Å²) < 4.78 is 4.69. The highest BCUT2D eigenvalue weighted by Crippen LogP contribution is 1.87. The van der Waals surface area contributed by atoms with Gasteiger partial charge in [0.15, 0.2) is 0 Å². The van der Waals surface area contributed by atoms with Crippen LogP contribution < -0.4 is 5.73 Å². The summed E-state index contributed by atoms with van der Waals surface area (Å²) in [6.45, 7) is 3.19. The minimum atomic E-state index is -0.312. The Hall–Kier alpha value is -0.770. The fourth-order valence-electron chi connectivity index (χ4n) is 0.519. The summed E-state index contributed by atoms with van der Waals surface area (Å²) in [4.78, 5) is 12.2. The van der Waals surface area contributed by atoms with E-state index in [2.05, 4.69) is 4.74 Å². The minimum absolute atomic E-state index is 0.312. The van der Waals surface area contributed by atoms with E-state index >= 15 is 0 Å². The van der Waals surface area contributed by atoms with Gasteiger partial charge in [-0.15, -0.1) is 0 Å². The third-order valence-electron chi connectivity index (χ3n) is 1.04. The molecule has 0 atom stereocenters. The molecule has 0 saturated carbocycles. The van der Waals surface area contributed by atoms with E-state index in [1.165, 1.54) is 4.90 Å². The molecule has 1 amide bonds. The van der Waals surface area contributed by atoms with Gasteiger partial charge in [0.05, 0.1) is 6.61 Å². The lowest BCUT2D eigenvalue weighted by atomic mass is 10.6. The van der Waals surface area contributed by atoms with Crippen LogP contribution in [-0.4, -0.2) is 37.7 Å². The lowest BCUT2D eigenvalue weighted by Crippen LogP contribution is -2.32. The van der Waals surface area contributed by atoms with E-state index in [0.29, 0.717) is 19.7 Å². The number of nitrogens with two attached hydrogens (primary N) is 1. The average molecular weight is 146 g/mol. The van der Waals surface area contributed by atoms with Crippen LogP contribution in [0.5, 0.6) is 0 Å². The maximum atomic E-state index is 10.8. The number of carbonyl (C=O) groups is 1. The van der Waals surface area contributed by atoms with E-state index < -0.39 is 0 Å². The van der Waals surface area contributed by atoms with Crippen molar-refractivity contribution in [2.45, 2.75) is 6.92 Å². The number of rotatable bonds is 3. The van der Waals surface area contributed by atoms with Crippen molar-refractivity contribution >= 4 is 6.09 Å². The zero-order valence-electron chi connectivity index (χ0n) is 6.46. The van der Waals surface area contributed by atoms with Gasteiger partial charge in [0.1, 0.15) is 0 Å². The van der Waals surface area contributed by atoms with Gasteiger partial charge in [-0.05, 0) is 6.92 Å². The molecule has 2 N–H and O–H groups in total. The second-order valence-electron chi connectivity index (χ2n) is 1.91. The SMILES string of the molecule is CCOC(=O)N(C)CCN. The van der Waals surface area contributed by atoms with Gasteiger partial charge < -0.3 is 15.4 Å². The van der Waals surface area contributed by atoms with Crippen molar-refractivity contribution in [1.29, 1.82) is 0 Å². The van der Waals surface area contributed by atoms with Crippen LogP contribution >= 0.6 is 0 Å². The standard InChI is InChI=1S/C6H14N2O2/c1-3-10-6(9)8(2)5-4-7/h3-5,7H2,1-2H3. The van der Waals surface area contributed by atoms with Crippen LogP contribution in [0.2, 0.25) is 0 Å². The Labute approximate surface area is 60.9 Å². The molecule has 0 fully saturated rings. The Morgan fingerprint density at radius 2 is 2.30 bits per heavy atom. The minimum Gasteiger partial charge on any atom is -0.450 e. The normalized spacial score (nSPS) is 9.10. The summed E-state index contributed by atoms with van der Waals surface area (Å²) in [7, 11) is 1.66. The van der Waals surface area contributed by atoms with Crippen LogP contribution in [0.15, 0.2) is 0 Å². The Kier molecular flexibility index (Phi) is 4.66. The smallest absolute Gasteiger partial charge is 0.409 e. The van der Waals surface area contributed by atoms with Crippen LogP contribution in [0, 0.1) is 0 Å². The maximum Gasteiger partial charge on any atom is 0.409 e. The molecule has 0 radical (unpaired) electrons. The van der Waals surface area contributed by atoms with Crippen molar-refractivity contribution in [2.24, 2.45) is 5.73 Å². The molecular formula is C6H14N2O2. The van der Waals surface area contributed by atoms with Gasteiger partial charge in [0.2, 0.25) is 0 Å². The summed E-state index contributed by atoms with van der Waals surface area (Å²) in [5, 5.41) is 0. The molecule has 0 aliphatic rings. The number of nitrogens with zero attached hydrogens (tertiary/aromatic N) is 1. The van der Waals surface area contributed by atoms with Crippen molar-refractivity contribution in [3.8, 4) is 0 Å². The third kappa shape index (κ3) is 3.29. The molecule has 0 aliphatic carbocycles. The zero-order chi connectivity index (χ0) is 7.98. The van der Waals surface area contributed by atoms with Crippen molar-refractivity contribution in [3.63, 3.8) is 0 Å². The highest BCUT2D eigenvalue weighted by atomic mass is 16.5. The van der Waals surface area contributed by atoms with Gasteiger partial charge in [-0.1, -0.05) is 0 Å². The quantitative estimate of drug-likeness (QED) is 0.611. The van der Waals surface area contributed by atoms with Crippen LogP contribution in [0.4, 0.5) is 4.79 Å². The average Bonchev–Trinajstić information content (AvgIpc) is 1.89. The van der Waals surface area contributed by atoms with Crippen molar-refractivity contribution < 1.29 is 9.53 Å². The van der Waals surface area contributed by atoms with E-state index in [9.17, 15) is 4.79 Å². The fourth-order valence-corrected chi connectivity index (χ4v) is 0.519.